The Labute approximate surface area is 94.0 Å². The summed E-state index contributed by atoms with van der Waals surface area (Å²) in [5.41, 5.74) is -0.991. The second kappa shape index (κ2) is 5.03. The molecule has 0 aliphatic rings. The van der Waals surface area contributed by atoms with Crippen LogP contribution in [-0.2, 0) is 4.79 Å². The van der Waals surface area contributed by atoms with Gasteiger partial charge in [0.1, 0.15) is 6.54 Å². The van der Waals surface area contributed by atoms with E-state index in [1.807, 2.05) is 0 Å². The largest absolute Gasteiger partial charge is 0.406 e. The standard InChI is InChI=1S/C10H19F3N2O/c1-7(2)15(6-10(11,12)13)8(16)9(3,4)14-5/h7,14H,6H2,1-5H3. The number of amides is 1. The van der Waals surface area contributed by atoms with E-state index in [1.165, 1.54) is 0 Å². The minimum absolute atomic E-state index is 0.484. The molecule has 0 aromatic carbocycles. The molecule has 96 valence electrons. The Morgan fingerprint density at radius 3 is 2.00 bits per heavy atom. The number of rotatable bonds is 4. The van der Waals surface area contributed by atoms with Crippen LogP contribution in [0.3, 0.4) is 0 Å². The summed E-state index contributed by atoms with van der Waals surface area (Å²) in [4.78, 5) is 12.7. The number of likely N-dealkylation sites (N-methyl/N-ethyl adjacent to an activating group) is 1. The highest BCUT2D eigenvalue weighted by atomic mass is 19.4. The number of hydrogen-bond donors (Lipinski definition) is 1. The first-order chi connectivity index (χ1) is 7.01. The molecule has 16 heavy (non-hydrogen) atoms. The zero-order chi connectivity index (χ0) is 13.1. The maximum absolute atomic E-state index is 12.3. The molecule has 1 N–H and O–H groups in total. The molecule has 0 atom stereocenters. The Morgan fingerprint density at radius 2 is 1.75 bits per heavy atom. The van der Waals surface area contributed by atoms with Crippen LogP contribution in [0.5, 0.6) is 0 Å². The van der Waals surface area contributed by atoms with E-state index in [2.05, 4.69) is 5.32 Å². The average Bonchev–Trinajstić information content (AvgIpc) is 2.11. The summed E-state index contributed by atoms with van der Waals surface area (Å²) in [5.74, 6) is -0.553. The topological polar surface area (TPSA) is 32.3 Å². The number of hydrogen-bond acceptors (Lipinski definition) is 2. The summed E-state index contributed by atoms with van der Waals surface area (Å²) in [6, 6.07) is -0.484. The normalized spacial score (nSPS) is 13.1. The lowest BCUT2D eigenvalue weighted by atomic mass is 10.0. The lowest BCUT2D eigenvalue weighted by Gasteiger charge is -2.34. The average molecular weight is 240 g/mol. The first kappa shape index (κ1) is 15.2. The van der Waals surface area contributed by atoms with Crippen molar-refractivity contribution in [2.75, 3.05) is 13.6 Å². The number of carbonyl (C=O) groups excluding carboxylic acids is 1. The van der Waals surface area contributed by atoms with E-state index in [0.29, 0.717) is 0 Å². The van der Waals surface area contributed by atoms with Gasteiger partial charge in [0.2, 0.25) is 5.91 Å². The third-order valence-electron chi connectivity index (χ3n) is 2.39. The highest BCUT2D eigenvalue weighted by molar-refractivity contribution is 5.85. The van der Waals surface area contributed by atoms with Crippen molar-refractivity contribution in [3.8, 4) is 0 Å². The summed E-state index contributed by atoms with van der Waals surface area (Å²) in [6.07, 6.45) is -4.37. The van der Waals surface area contributed by atoms with E-state index in [4.69, 9.17) is 0 Å². The first-order valence-corrected chi connectivity index (χ1v) is 5.08. The second-order valence-electron chi connectivity index (χ2n) is 4.52. The van der Waals surface area contributed by atoms with Crippen LogP contribution in [0.15, 0.2) is 0 Å². The third kappa shape index (κ3) is 4.38. The third-order valence-corrected chi connectivity index (χ3v) is 2.39. The SMILES string of the molecule is CNC(C)(C)C(=O)N(CC(F)(F)F)C(C)C. The van der Waals surface area contributed by atoms with Crippen molar-refractivity contribution in [3.63, 3.8) is 0 Å². The first-order valence-electron chi connectivity index (χ1n) is 5.08. The van der Waals surface area contributed by atoms with Crippen LogP contribution in [0.2, 0.25) is 0 Å². The van der Waals surface area contributed by atoms with Gasteiger partial charge in [0.05, 0.1) is 5.54 Å². The molecule has 0 heterocycles. The van der Waals surface area contributed by atoms with Crippen LogP contribution in [-0.4, -0.2) is 42.2 Å². The quantitative estimate of drug-likeness (QED) is 0.812. The van der Waals surface area contributed by atoms with Gasteiger partial charge in [-0.3, -0.25) is 4.79 Å². The van der Waals surface area contributed by atoms with Crippen LogP contribution in [0.25, 0.3) is 0 Å². The number of halogens is 3. The molecule has 0 aliphatic carbocycles. The fourth-order valence-electron chi connectivity index (χ4n) is 1.15. The minimum Gasteiger partial charge on any atom is -0.330 e. The van der Waals surface area contributed by atoms with Gasteiger partial charge in [-0.2, -0.15) is 13.2 Å². The minimum atomic E-state index is -4.37. The lowest BCUT2D eigenvalue weighted by Crippen LogP contribution is -2.56. The van der Waals surface area contributed by atoms with E-state index in [9.17, 15) is 18.0 Å². The van der Waals surface area contributed by atoms with Gasteiger partial charge >= 0.3 is 6.18 Å². The summed E-state index contributed by atoms with van der Waals surface area (Å²) in [6.45, 7) is 5.03. The van der Waals surface area contributed by atoms with Gasteiger partial charge in [-0.15, -0.1) is 0 Å². The van der Waals surface area contributed by atoms with Gasteiger partial charge in [-0.1, -0.05) is 0 Å². The molecular formula is C10H19F3N2O. The van der Waals surface area contributed by atoms with Crippen molar-refractivity contribution >= 4 is 5.91 Å². The summed E-state index contributed by atoms with van der Waals surface area (Å²) >= 11 is 0. The molecule has 0 radical (unpaired) electrons. The molecular weight excluding hydrogens is 221 g/mol. The van der Waals surface area contributed by atoms with Crippen LogP contribution >= 0.6 is 0 Å². The predicted molar refractivity (Wildman–Crippen MR) is 56.0 cm³/mol. The maximum Gasteiger partial charge on any atom is 0.406 e. The summed E-state index contributed by atoms with van der Waals surface area (Å²) < 4.78 is 36.9. The number of carbonyl (C=O) groups is 1. The van der Waals surface area contributed by atoms with Crippen molar-refractivity contribution in [2.24, 2.45) is 0 Å². The van der Waals surface area contributed by atoms with Crippen molar-refractivity contribution < 1.29 is 18.0 Å². The van der Waals surface area contributed by atoms with E-state index < -0.39 is 30.2 Å². The van der Waals surface area contributed by atoms with Gasteiger partial charge in [0.25, 0.3) is 0 Å². The van der Waals surface area contributed by atoms with Crippen LogP contribution in [0.1, 0.15) is 27.7 Å². The van der Waals surface area contributed by atoms with Gasteiger partial charge in [-0.25, -0.2) is 0 Å². The predicted octanol–water partition coefficient (Wildman–Crippen LogP) is 1.78. The molecule has 0 aromatic rings. The van der Waals surface area contributed by atoms with E-state index in [-0.39, 0.29) is 0 Å². The van der Waals surface area contributed by atoms with Crippen molar-refractivity contribution in [3.05, 3.63) is 0 Å². The molecule has 0 aliphatic heterocycles. The summed E-state index contributed by atoms with van der Waals surface area (Å²) in [7, 11) is 1.55. The Hall–Kier alpha value is -0.780. The second-order valence-corrected chi connectivity index (χ2v) is 4.52. The van der Waals surface area contributed by atoms with Gasteiger partial charge < -0.3 is 10.2 Å². The molecule has 0 saturated carbocycles. The van der Waals surface area contributed by atoms with E-state index >= 15 is 0 Å². The Balaban J connectivity index is 4.88. The Bertz CT molecular complexity index is 249. The smallest absolute Gasteiger partial charge is 0.330 e. The molecule has 0 saturated heterocycles. The molecule has 0 aromatic heterocycles. The van der Waals surface area contributed by atoms with Crippen molar-refractivity contribution in [1.82, 2.24) is 10.2 Å². The molecule has 1 amide bonds. The van der Waals surface area contributed by atoms with Crippen LogP contribution in [0, 0.1) is 0 Å². The highest BCUT2D eigenvalue weighted by Crippen LogP contribution is 2.20. The number of nitrogens with zero attached hydrogens (tertiary/aromatic N) is 1. The molecule has 3 nitrogen and oxygen atoms in total. The molecule has 6 heteroatoms. The molecule has 0 bridgehead atoms. The van der Waals surface area contributed by atoms with Gasteiger partial charge in [0, 0.05) is 6.04 Å². The van der Waals surface area contributed by atoms with Crippen molar-refractivity contribution in [1.29, 1.82) is 0 Å². The van der Waals surface area contributed by atoms with Crippen LogP contribution in [0.4, 0.5) is 13.2 Å². The van der Waals surface area contributed by atoms with E-state index in [0.717, 1.165) is 4.90 Å². The molecule has 0 fully saturated rings. The summed E-state index contributed by atoms with van der Waals surface area (Å²) in [5, 5.41) is 2.70. The lowest BCUT2D eigenvalue weighted by molar-refractivity contribution is -0.168. The molecule has 0 unspecified atom stereocenters. The zero-order valence-corrected chi connectivity index (χ0v) is 10.3. The van der Waals surface area contributed by atoms with Crippen molar-refractivity contribution in [2.45, 2.75) is 45.5 Å². The fraction of sp³-hybridized carbons (Fsp3) is 0.900. The van der Waals surface area contributed by atoms with Crippen LogP contribution < -0.4 is 5.32 Å². The van der Waals surface area contributed by atoms with Gasteiger partial charge in [-0.05, 0) is 34.7 Å². The monoisotopic (exact) mass is 240 g/mol. The maximum atomic E-state index is 12.3. The Morgan fingerprint density at radius 1 is 1.31 bits per heavy atom. The number of alkyl halides is 3. The van der Waals surface area contributed by atoms with Gasteiger partial charge in [0.15, 0.2) is 0 Å². The van der Waals surface area contributed by atoms with E-state index in [1.54, 1.807) is 34.7 Å². The highest BCUT2D eigenvalue weighted by Gasteiger charge is 2.38. The zero-order valence-electron chi connectivity index (χ0n) is 10.3. The number of nitrogens with one attached hydrogen (secondary N) is 1. The Kier molecular flexibility index (Phi) is 4.79. The molecule has 0 spiro atoms. The molecule has 0 rings (SSSR count). The fourth-order valence-corrected chi connectivity index (χ4v) is 1.15.